The molecule has 2 aromatic carbocycles. The van der Waals surface area contributed by atoms with Crippen LogP contribution in [0.15, 0.2) is 49.1 Å². The average Bonchev–Trinajstić information content (AvgIpc) is 1.52. The molecule has 4 aromatic rings. The number of rotatable bonds is 10. The fraction of sp³-hybridized carbons (Fsp3) is 0.649. The van der Waals surface area contributed by atoms with Crippen molar-refractivity contribution >= 4 is 73.2 Å². The van der Waals surface area contributed by atoms with E-state index in [1.165, 1.54) is 4.90 Å². The topological polar surface area (TPSA) is 276 Å². The van der Waals surface area contributed by atoms with Gasteiger partial charge in [-0.25, -0.2) is 23.2 Å². The van der Waals surface area contributed by atoms with Crippen molar-refractivity contribution in [3.05, 3.63) is 76.3 Å². The zero-order valence-electron chi connectivity index (χ0n) is 60.0. The number of esters is 2. The number of fused-ring (bicyclic) bond motifs is 8. The van der Waals surface area contributed by atoms with Crippen LogP contribution in [0.25, 0.3) is 26.5 Å². The van der Waals surface area contributed by atoms with E-state index < -0.39 is 89.9 Å². The number of carbonyl (C=O) groups excluding carboxylic acids is 6. The molecule has 1 N–H and O–H groups in total. The predicted octanol–water partition coefficient (Wildman–Crippen LogP) is 9.04. The molecular formula is C77H98KN5O16S. The van der Waals surface area contributed by atoms with Crippen molar-refractivity contribution in [1.82, 2.24) is 19.8 Å². The van der Waals surface area contributed by atoms with E-state index in [2.05, 4.69) is 11.3 Å². The fourth-order valence-corrected chi connectivity index (χ4v) is 18.0. The van der Waals surface area contributed by atoms with Gasteiger partial charge in [0, 0.05) is 46.6 Å². The summed E-state index contributed by atoms with van der Waals surface area (Å²) in [4.78, 5) is 110. The molecule has 6 aliphatic heterocycles. The van der Waals surface area contributed by atoms with Crippen LogP contribution in [0, 0.1) is 45.8 Å². The Labute approximate surface area is 629 Å². The van der Waals surface area contributed by atoms with Gasteiger partial charge in [-0.05, 0) is 168 Å². The van der Waals surface area contributed by atoms with Crippen LogP contribution in [0.2, 0.25) is 0 Å². The molecule has 4 aliphatic carbocycles. The minimum absolute atomic E-state index is 0. The maximum atomic E-state index is 15.0. The summed E-state index contributed by atoms with van der Waals surface area (Å²) in [6.45, 7) is 17.2. The number of hydrogen-bond acceptors (Lipinski definition) is 17. The number of Topliss-reactive ketones (excluding diaryl/α,β-unsaturated/α-hetero) is 1. The Balaban J connectivity index is 0.000000196. The van der Waals surface area contributed by atoms with Crippen LogP contribution in [-0.4, -0.2) is 142 Å². The van der Waals surface area contributed by atoms with E-state index >= 15 is 4.79 Å². The first-order chi connectivity index (χ1) is 46.9. The van der Waals surface area contributed by atoms with Crippen LogP contribution in [0.4, 0.5) is 0 Å². The van der Waals surface area contributed by atoms with Crippen molar-refractivity contribution in [2.75, 3.05) is 27.3 Å². The third-order valence-electron chi connectivity index (χ3n) is 23.8. The molecular weight excluding hydrogens is 1320 g/mol. The third-order valence-corrected chi connectivity index (χ3v) is 25.8. The molecule has 10 aliphatic rings. The number of hydrogen-bond donors (Lipinski definition) is 1. The van der Waals surface area contributed by atoms with E-state index in [0.717, 1.165) is 126 Å². The smallest absolute Gasteiger partial charge is 0.545 e. The quantitative estimate of drug-likeness (QED) is 0.0880. The zero-order valence-corrected chi connectivity index (χ0v) is 64.0. The van der Waals surface area contributed by atoms with Gasteiger partial charge in [0.15, 0.2) is 5.78 Å². The van der Waals surface area contributed by atoms with Crippen LogP contribution < -0.4 is 70.3 Å². The number of carboxylic acid groups (broad SMARTS) is 1. The van der Waals surface area contributed by atoms with Crippen LogP contribution in [0.5, 0.6) is 23.0 Å². The van der Waals surface area contributed by atoms with Crippen molar-refractivity contribution in [1.29, 1.82) is 0 Å². The van der Waals surface area contributed by atoms with Crippen molar-refractivity contribution in [2.24, 2.45) is 45.8 Å². The number of carbonyl (C=O) groups is 7. The number of carboxylic acids is 1. The van der Waals surface area contributed by atoms with Crippen molar-refractivity contribution in [3.63, 3.8) is 0 Å². The van der Waals surface area contributed by atoms with Crippen molar-refractivity contribution in [2.45, 2.75) is 243 Å². The van der Waals surface area contributed by atoms with Gasteiger partial charge in [0.1, 0.15) is 62.5 Å². The Morgan fingerprint density at radius 2 is 1.13 bits per heavy atom. The van der Waals surface area contributed by atoms with Gasteiger partial charge < -0.3 is 52.8 Å². The van der Waals surface area contributed by atoms with Gasteiger partial charge in [0.2, 0.25) is 11.8 Å². The maximum Gasteiger partial charge on any atom is 1.00 e. The van der Waals surface area contributed by atoms with E-state index in [4.69, 9.17) is 38.4 Å². The Morgan fingerprint density at radius 1 is 0.670 bits per heavy atom. The predicted molar refractivity (Wildman–Crippen MR) is 369 cm³/mol. The van der Waals surface area contributed by atoms with E-state index in [9.17, 15) is 42.3 Å². The zero-order chi connectivity index (χ0) is 70.5. The molecule has 6 fully saturated rings. The Kier molecular flexibility index (Phi) is 20.8. The number of methoxy groups -OCH3 is 2. The minimum atomic E-state index is -4.08. The second kappa shape index (κ2) is 28.0. The van der Waals surface area contributed by atoms with Gasteiger partial charge in [-0.2, -0.15) is 0 Å². The van der Waals surface area contributed by atoms with E-state index in [1.54, 1.807) is 32.1 Å². The number of aryl methyl sites for hydroxylation is 4. The summed E-state index contributed by atoms with van der Waals surface area (Å²) < 4.78 is 65.7. The van der Waals surface area contributed by atoms with Gasteiger partial charge in [0.05, 0.1) is 91.1 Å². The van der Waals surface area contributed by atoms with Gasteiger partial charge >= 0.3 is 69.3 Å². The number of nitrogens with zero attached hydrogens (tertiary/aromatic N) is 5. The van der Waals surface area contributed by atoms with E-state index in [0.29, 0.717) is 68.3 Å². The normalized spacial score (nSPS) is 30.9. The molecule has 0 unspecified atom stereocenters. The summed E-state index contributed by atoms with van der Waals surface area (Å²) in [6.07, 6.45) is 15.8. The minimum Gasteiger partial charge on any atom is -0.545 e. The molecule has 2 saturated heterocycles. The summed E-state index contributed by atoms with van der Waals surface area (Å²) >= 11 is 0. The number of sulfonamides is 1. The molecule has 23 heteroatoms. The molecule has 8 heterocycles. The fourth-order valence-electron chi connectivity index (χ4n) is 16.8. The number of aromatic nitrogens is 2. The molecule has 6 bridgehead atoms. The number of pyridine rings is 2. The summed E-state index contributed by atoms with van der Waals surface area (Å²) in [7, 11) is -0.802. The molecule has 3 amide bonds. The summed E-state index contributed by atoms with van der Waals surface area (Å²) in [6, 6.07) is 9.74. The number of amides is 3. The number of benzene rings is 2. The summed E-state index contributed by atoms with van der Waals surface area (Å²) in [5.41, 5.74) is 1.24. The molecule has 2 aromatic heterocycles. The third kappa shape index (κ3) is 14.9. The van der Waals surface area contributed by atoms with Crippen molar-refractivity contribution < 1.29 is 127 Å². The Hall–Kier alpha value is -5.72. The van der Waals surface area contributed by atoms with Gasteiger partial charge in [-0.3, -0.25) is 24.0 Å². The molecule has 534 valence electrons. The monoisotopic (exact) mass is 1420 g/mol. The first kappa shape index (κ1) is 74.0. The van der Waals surface area contributed by atoms with Crippen LogP contribution >= 0.6 is 0 Å². The van der Waals surface area contributed by atoms with E-state index in [-0.39, 0.29) is 139 Å². The molecule has 2 spiro atoms. The summed E-state index contributed by atoms with van der Waals surface area (Å²) in [5, 5.41) is 12.2. The molecule has 4 saturated carbocycles. The van der Waals surface area contributed by atoms with Crippen LogP contribution in [-0.2, 0) is 78.7 Å². The molecule has 12 atom stereocenters. The summed E-state index contributed by atoms with van der Waals surface area (Å²) in [5.74, 6) is -2.07. The van der Waals surface area contributed by atoms with Gasteiger partial charge in [0.25, 0.3) is 0 Å². The van der Waals surface area contributed by atoms with Crippen molar-refractivity contribution in [3.8, 4) is 23.0 Å². The van der Waals surface area contributed by atoms with Crippen LogP contribution in [0.1, 0.15) is 199 Å². The molecule has 21 nitrogen and oxygen atoms in total. The first-order valence-electron chi connectivity index (χ1n) is 36.2. The number of ketones is 1. The van der Waals surface area contributed by atoms with E-state index in [1.807, 2.05) is 77.9 Å². The molecule has 14 rings (SSSR count). The molecule has 0 radical (unpaired) electrons. The number of allylic oxidation sites excluding steroid dienone is 1. The second-order valence-corrected chi connectivity index (χ2v) is 35.1. The standard InChI is InChI=1S/C44H57N3O9S.C33H42N2O7.K/c1-7-27-22-44(27,40(51)46-57(52,53)42(5)17-18-42)24-35(48)34-23-43-16-15-29-30-20-28(54-6)13-14-32(30)45-33(38(29)56-43)12-10-8-9-11-26-19-36(26)55-37(49)21-31(41(2,3)4)39(50)47(34)25-43;1-32(2,3)23-16-28(36)41-27-14-19(27)8-6-5-7-9-25-29-21(22-15-20(40-4)10-11-24(22)34-25)12-13-33(42-29)17-26(31(38)39)35(18-33)30(23)37;/h7,13-14,20,26-27,31,34,36H,1,8-12,15-19,21-25H2,2-6H3,(H,46,51);10-11,15,19,23,26-27H,5-9,12-14,16-18H2,1-4H3,(H,38,39);/q;;+1/p-1/t26-,27-,31-,34+,36-,43-,44-;19-,23-,26+,27-,33-;/m11./s1. The van der Waals surface area contributed by atoms with Crippen LogP contribution in [0.3, 0.4) is 0 Å². The maximum absolute atomic E-state index is 15.0. The largest absolute Gasteiger partial charge is 1.00 e. The first-order valence-corrected chi connectivity index (χ1v) is 37.6. The average molecular weight is 1420 g/mol. The number of aliphatic carboxylic acids is 1. The number of ether oxygens (including phenoxy) is 6. The van der Waals surface area contributed by atoms with Gasteiger partial charge in [-0.15, -0.1) is 6.58 Å². The SMILES string of the molecule is C=C[C@@H]1C[C@]1(CC(=O)[C@@H]1C[C@]23CCc4c(c(nc5ccc(OC)cc45)CCCCC[C@@H]4C[C@H]4OC(=O)C[C@@H](C(C)(C)C)C(=O)N1C2)O3)C(=O)[N-]S(=O)(=O)C1(C)CC1.COc1ccc2nc3c4c(c2c1)CC[C@]1(C[C@@H](C(=O)O)N(C1)C(=O)[C@H](C(C)(C)C)CC(=O)O[C@@H]1C[C@H]1CCCCC3)O4.[K+]. The molecule has 100 heavy (non-hydrogen) atoms. The Bertz CT molecular complexity index is 4070. The second-order valence-electron chi connectivity index (χ2n) is 32.9. The van der Waals surface area contributed by atoms with Gasteiger partial charge in [-0.1, -0.05) is 73.3 Å². The Morgan fingerprint density at radius 3 is 1.55 bits per heavy atom.